The second-order valence-electron chi connectivity index (χ2n) is 2.21. The maximum Gasteiger partial charge on any atom is 0.165 e. The molecule has 0 saturated carbocycles. The summed E-state index contributed by atoms with van der Waals surface area (Å²) in [6.45, 7) is 6.58. The fraction of sp³-hybridized carbons (Fsp3) is 0.571. The summed E-state index contributed by atoms with van der Waals surface area (Å²) in [5, 5.41) is 0. The third kappa shape index (κ3) is 1.57. The summed E-state index contributed by atoms with van der Waals surface area (Å²) in [5.41, 5.74) is 0.559. The van der Waals surface area contributed by atoms with Crippen molar-refractivity contribution in [3.63, 3.8) is 0 Å². The molecule has 0 N–H and O–H groups in total. The van der Waals surface area contributed by atoms with Crippen LogP contribution in [0.2, 0.25) is 0 Å². The first-order valence-electron chi connectivity index (χ1n) is 3.31. The van der Waals surface area contributed by atoms with Crippen molar-refractivity contribution in [2.24, 2.45) is 0 Å². The highest BCUT2D eigenvalue weighted by molar-refractivity contribution is 5.71. The van der Waals surface area contributed by atoms with Crippen LogP contribution < -0.4 is 0 Å². The first kappa shape index (κ1) is 7.28. The largest absolute Gasteiger partial charge is 0.378 e. The molecular formula is C7H11NO2. The van der Waals surface area contributed by atoms with Crippen LogP contribution >= 0.6 is 0 Å². The van der Waals surface area contributed by atoms with Crippen molar-refractivity contribution in [2.75, 3.05) is 26.3 Å². The number of allylic oxidation sites excluding steroid dienone is 1. The van der Waals surface area contributed by atoms with Crippen molar-refractivity contribution >= 4 is 6.29 Å². The molecule has 1 fully saturated rings. The van der Waals surface area contributed by atoms with Crippen molar-refractivity contribution in [1.82, 2.24) is 4.90 Å². The molecule has 3 heteroatoms. The molecule has 1 rings (SSSR count). The molecule has 0 spiro atoms. The summed E-state index contributed by atoms with van der Waals surface area (Å²) < 4.78 is 5.10. The lowest BCUT2D eigenvalue weighted by Crippen LogP contribution is -2.35. The minimum absolute atomic E-state index is 0.559. The topological polar surface area (TPSA) is 29.5 Å². The first-order chi connectivity index (χ1) is 4.84. The van der Waals surface area contributed by atoms with E-state index >= 15 is 0 Å². The molecule has 3 nitrogen and oxygen atoms in total. The van der Waals surface area contributed by atoms with Crippen molar-refractivity contribution in [3.8, 4) is 0 Å². The molecule has 56 valence electrons. The van der Waals surface area contributed by atoms with Crippen molar-refractivity contribution in [1.29, 1.82) is 0 Å². The van der Waals surface area contributed by atoms with Gasteiger partial charge in [0.2, 0.25) is 0 Å². The molecule has 0 aromatic rings. The lowest BCUT2D eigenvalue weighted by Gasteiger charge is -2.27. The van der Waals surface area contributed by atoms with Gasteiger partial charge in [0, 0.05) is 13.1 Å². The van der Waals surface area contributed by atoms with E-state index in [1.54, 1.807) is 0 Å². The molecule has 0 radical (unpaired) electrons. The van der Waals surface area contributed by atoms with Gasteiger partial charge in [-0.3, -0.25) is 4.79 Å². The zero-order valence-electron chi connectivity index (χ0n) is 5.88. The summed E-state index contributed by atoms with van der Waals surface area (Å²) in [7, 11) is 0. The lowest BCUT2D eigenvalue weighted by molar-refractivity contribution is -0.106. The molecule has 0 atom stereocenters. The highest BCUT2D eigenvalue weighted by Gasteiger charge is 2.10. The Labute approximate surface area is 60.3 Å². The molecule has 0 bridgehead atoms. The van der Waals surface area contributed by atoms with E-state index in [4.69, 9.17) is 4.74 Å². The summed E-state index contributed by atoms with van der Waals surface area (Å²) >= 11 is 0. The van der Waals surface area contributed by atoms with Crippen LogP contribution in [0.5, 0.6) is 0 Å². The number of carbonyl (C=O) groups is 1. The van der Waals surface area contributed by atoms with E-state index in [0.29, 0.717) is 18.9 Å². The van der Waals surface area contributed by atoms with Gasteiger partial charge in [-0.05, 0) is 0 Å². The van der Waals surface area contributed by atoms with Crippen molar-refractivity contribution in [3.05, 3.63) is 12.3 Å². The van der Waals surface area contributed by atoms with Gasteiger partial charge in [0.25, 0.3) is 0 Å². The Balaban J connectivity index is 2.38. The van der Waals surface area contributed by atoms with Gasteiger partial charge in [-0.1, -0.05) is 6.58 Å². The number of rotatable bonds is 2. The minimum Gasteiger partial charge on any atom is -0.378 e. The normalized spacial score (nSPS) is 18.6. The SMILES string of the molecule is C=C(C=O)N1CCOCC1. The van der Waals surface area contributed by atoms with Crippen molar-refractivity contribution in [2.45, 2.75) is 0 Å². The molecule has 0 unspecified atom stereocenters. The number of ether oxygens (including phenoxy) is 1. The number of hydrogen-bond donors (Lipinski definition) is 0. The highest BCUT2D eigenvalue weighted by Crippen LogP contribution is 2.01. The Morgan fingerprint density at radius 1 is 1.50 bits per heavy atom. The second-order valence-corrected chi connectivity index (χ2v) is 2.21. The fourth-order valence-corrected chi connectivity index (χ4v) is 0.925. The van der Waals surface area contributed by atoms with Crippen LogP contribution in [0.1, 0.15) is 0 Å². The summed E-state index contributed by atoms with van der Waals surface area (Å²) in [4.78, 5) is 12.1. The van der Waals surface area contributed by atoms with Crippen LogP contribution in [0.15, 0.2) is 12.3 Å². The van der Waals surface area contributed by atoms with Gasteiger partial charge >= 0.3 is 0 Å². The maximum absolute atomic E-state index is 10.2. The molecule has 10 heavy (non-hydrogen) atoms. The third-order valence-electron chi connectivity index (χ3n) is 1.55. The van der Waals surface area contributed by atoms with Gasteiger partial charge in [-0.15, -0.1) is 0 Å². The van der Waals surface area contributed by atoms with Crippen LogP contribution in [-0.2, 0) is 9.53 Å². The predicted molar refractivity (Wildman–Crippen MR) is 37.6 cm³/mol. The van der Waals surface area contributed by atoms with Gasteiger partial charge in [-0.2, -0.15) is 0 Å². The first-order valence-corrected chi connectivity index (χ1v) is 3.31. The van der Waals surface area contributed by atoms with E-state index in [2.05, 4.69) is 6.58 Å². The van der Waals surface area contributed by atoms with Crippen LogP contribution in [-0.4, -0.2) is 37.5 Å². The zero-order chi connectivity index (χ0) is 7.40. The van der Waals surface area contributed by atoms with E-state index in [-0.39, 0.29) is 0 Å². The molecule has 0 aromatic carbocycles. The van der Waals surface area contributed by atoms with Crippen LogP contribution in [0.3, 0.4) is 0 Å². The fourth-order valence-electron chi connectivity index (χ4n) is 0.925. The average Bonchev–Trinajstić information content (AvgIpc) is 2.05. The van der Waals surface area contributed by atoms with Gasteiger partial charge in [0.1, 0.15) is 0 Å². The number of carbonyl (C=O) groups excluding carboxylic acids is 1. The number of aldehydes is 1. The van der Waals surface area contributed by atoms with Gasteiger partial charge < -0.3 is 9.64 Å². The van der Waals surface area contributed by atoms with E-state index < -0.39 is 0 Å². The van der Waals surface area contributed by atoms with Crippen LogP contribution in [0.25, 0.3) is 0 Å². The quantitative estimate of drug-likeness (QED) is 0.401. The number of hydrogen-bond acceptors (Lipinski definition) is 3. The summed E-state index contributed by atoms with van der Waals surface area (Å²) in [6, 6.07) is 0. The summed E-state index contributed by atoms with van der Waals surface area (Å²) in [5.74, 6) is 0. The third-order valence-corrected chi connectivity index (χ3v) is 1.55. The monoisotopic (exact) mass is 141 g/mol. The zero-order valence-corrected chi connectivity index (χ0v) is 5.88. The van der Waals surface area contributed by atoms with Crippen LogP contribution in [0, 0.1) is 0 Å². The minimum atomic E-state index is 0.559. The predicted octanol–water partition coefficient (Wildman–Crippen LogP) is 0.0312. The van der Waals surface area contributed by atoms with Gasteiger partial charge in [0.15, 0.2) is 6.29 Å². The molecule has 1 aliphatic rings. The molecule has 0 aromatic heterocycles. The van der Waals surface area contributed by atoms with Crippen molar-refractivity contribution < 1.29 is 9.53 Å². The molecule has 0 amide bonds. The van der Waals surface area contributed by atoms with Gasteiger partial charge in [0.05, 0.1) is 18.9 Å². The average molecular weight is 141 g/mol. The molecular weight excluding hydrogens is 130 g/mol. The lowest BCUT2D eigenvalue weighted by atomic mass is 10.4. The highest BCUT2D eigenvalue weighted by atomic mass is 16.5. The Kier molecular flexibility index (Phi) is 2.45. The standard InChI is InChI=1S/C7H11NO2/c1-7(6-9)8-2-4-10-5-3-8/h6H,1-5H2. The van der Waals surface area contributed by atoms with Gasteiger partial charge in [-0.25, -0.2) is 0 Å². The number of nitrogens with zero attached hydrogens (tertiary/aromatic N) is 1. The Hall–Kier alpha value is -0.830. The maximum atomic E-state index is 10.2. The Morgan fingerprint density at radius 3 is 2.60 bits per heavy atom. The Bertz CT molecular complexity index is 139. The molecule has 0 aliphatic carbocycles. The molecule has 1 aliphatic heterocycles. The molecule has 1 saturated heterocycles. The molecule has 1 heterocycles. The summed E-state index contributed by atoms with van der Waals surface area (Å²) in [6.07, 6.45) is 0.783. The smallest absolute Gasteiger partial charge is 0.165 e. The second kappa shape index (κ2) is 3.37. The number of morpholine rings is 1. The van der Waals surface area contributed by atoms with Crippen LogP contribution in [0.4, 0.5) is 0 Å². The van der Waals surface area contributed by atoms with E-state index in [9.17, 15) is 4.79 Å². The van der Waals surface area contributed by atoms with E-state index in [0.717, 1.165) is 19.4 Å². The van der Waals surface area contributed by atoms with E-state index in [1.807, 2.05) is 4.90 Å². The van der Waals surface area contributed by atoms with E-state index in [1.165, 1.54) is 0 Å². The Morgan fingerprint density at radius 2 is 2.10 bits per heavy atom.